The molecule has 188 valence electrons. The molecule has 3 aromatic rings. The molecule has 2 aromatic carbocycles. The molecule has 0 bridgehead atoms. The number of nitrogens with zero attached hydrogens (tertiary/aromatic N) is 3. The van der Waals surface area contributed by atoms with E-state index in [4.69, 9.17) is 14.7 Å². The van der Waals surface area contributed by atoms with Crippen LogP contribution in [0.4, 0.5) is 21.8 Å². The molecule has 11 heteroatoms. The lowest BCUT2D eigenvalue weighted by Gasteiger charge is -2.29. The van der Waals surface area contributed by atoms with Gasteiger partial charge in [-0.1, -0.05) is 6.07 Å². The van der Waals surface area contributed by atoms with Crippen molar-refractivity contribution in [2.75, 3.05) is 38.4 Å². The Labute approximate surface area is 205 Å². The second-order valence-electron chi connectivity index (χ2n) is 8.88. The number of methoxy groups -OCH3 is 1. The fraction of sp³-hybridized carbons (Fsp3) is 0.417. The number of nitrogens with one attached hydrogen (secondary N) is 3. The summed E-state index contributed by atoms with van der Waals surface area (Å²) in [6.07, 6.45) is 3.54. The zero-order chi connectivity index (χ0) is 25.0. The zero-order valence-electron chi connectivity index (χ0n) is 20.1. The highest BCUT2D eigenvalue weighted by atomic mass is 32.2. The predicted octanol–water partition coefficient (Wildman–Crippen LogP) is 3.89. The third-order valence-electron chi connectivity index (χ3n) is 6.23. The van der Waals surface area contributed by atoms with Crippen molar-refractivity contribution in [3.8, 4) is 5.75 Å². The molecule has 1 aliphatic rings. The molecular weight excluding hydrogens is 471 g/mol. The Hall–Kier alpha value is -3.02. The Morgan fingerprint density at radius 1 is 1.06 bits per heavy atom. The summed E-state index contributed by atoms with van der Waals surface area (Å²) >= 11 is 0. The van der Waals surface area contributed by atoms with Gasteiger partial charge in [-0.2, -0.15) is 17.7 Å². The van der Waals surface area contributed by atoms with Gasteiger partial charge in [0.25, 0.3) is 10.2 Å². The lowest BCUT2D eigenvalue weighted by molar-refractivity contribution is 0.334. The van der Waals surface area contributed by atoms with Crippen molar-refractivity contribution in [2.45, 2.75) is 31.7 Å². The molecular formula is C24H31FN6O3S. The first-order valence-electron chi connectivity index (χ1n) is 11.6. The Bertz CT molecular complexity index is 1260. The van der Waals surface area contributed by atoms with Gasteiger partial charge in [-0.25, -0.2) is 14.1 Å². The summed E-state index contributed by atoms with van der Waals surface area (Å²) in [6, 6.07) is 11.9. The fourth-order valence-corrected chi connectivity index (χ4v) is 4.87. The van der Waals surface area contributed by atoms with Gasteiger partial charge in [0, 0.05) is 37.8 Å². The van der Waals surface area contributed by atoms with E-state index in [1.165, 1.54) is 30.5 Å². The highest BCUT2D eigenvalue weighted by Gasteiger charge is 2.24. The van der Waals surface area contributed by atoms with Gasteiger partial charge < -0.3 is 15.4 Å². The van der Waals surface area contributed by atoms with Crippen molar-refractivity contribution >= 4 is 38.6 Å². The molecule has 9 nitrogen and oxygen atoms in total. The number of aromatic nitrogens is 2. The summed E-state index contributed by atoms with van der Waals surface area (Å²) in [5.41, 5.74) is 1.38. The minimum absolute atomic E-state index is 0.169. The first-order chi connectivity index (χ1) is 16.7. The van der Waals surface area contributed by atoms with E-state index in [9.17, 15) is 12.8 Å². The lowest BCUT2D eigenvalue weighted by Crippen LogP contribution is -2.39. The van der Waals surface area contributed by atoms with E-state index in [2.05, 4.69) is 15.4 Å². The molecule has 3 N–H and O–H groups in total. The van der Waals surface area contributed by atoms with Gasteiger partial charge in [0.1, 0.15) is 22.9 Å². The number of fused-ring (bicyclic) bond motifs is 1. The van der Waals surface area contributed by atoms with Gasteiger partial charge in [-0.15, -0.1) is 0 Å². The summed E-state index contributed by atoms with van der Waals surface area (Å²) in [5, 5.41) is 7.50. The largest absolute Gasteiger partial charge is 0.494 e. The average molecular weight is 503 g/mol. The quantitative estimate of drug-likeness (QED) is 0.407. The van der Waals surface area contributed by atoms with Crippen LogP contribution in [-0.2, 0) is 10.2 Å². The number of halogens is 1. The second-order valence-corrected chi connectivity index (χ2v) is 10.9. The normalized spacial score (nSPS) is 18.5. The van der Waals surface area contributed by atoms with E-state index >= 15 is 0 Å². The zero-order valence-corrected chi connectivity index (χ0v) is 20.9. The van der Waals surface area contributed by atoms with Gasteiger partial charge in [0.2, 0.25) is 5.95 Å². The monoisotopic (exact) mass is 502 g/mol. The summed E-state index contributed by atoms with van der Waals surface area (Å²) < 4.78 is 46.7. The van der Waals surface area contributed by atoms with E-state index < -0.39 is 10.2 Å². The van der Waals surface area contributed by atoms with Crippen LogP contribution in [0.3, 0.4) is 0 Å². The van der Waals surface area contributed by atoms with Crippen LogP contribution in [0.5, 0.6) is 5.75 Å². The summed E-state index contributed by atoms with van der Waals surface area (Å²) in [4.78, 5) is 9.43. The molecule has 0 atom stereocenters. The van der Waals surface area contributed by atoms with Crippen LogP contribution in [-0.4, -0.2) is 56.5 Å². The topological polar surface area (TPSA) is 108 Å². The van der Waals surface area contributed by atoms with Crippen LogP contribution in [0, 0.1) is 11.7 Å². The van der Waals surface area contributed by atoms with Crippen molar-refractivity contribution in [1.29, 1.82) is 0 Å². The summed E-state index contributed by atoms with van der Waals surface area (Å²) in [7, 11) is 1.22. The van der Waals surface area contributed by atoms with Gasteiger partial charge in [-0.3, -0.25) is 0 Å². The molecule has 0 aliphatic heterocycles. The van der Waals surface area contributed by atoms with Crippen molar-refractivity contribution in [3.05, 3.63) is 48.3 Å². The highest BCUT2D eigenvalue weighted by molar-refractivity contribution is 7.87. The average Bonchev–Trinajstić information content (AvgIpc) is 2.84. The molecule has 0 spiro atoms. The predicted molar refractivity (Wildman–Crippen MR) is 136 cm³/mol. The SMILES string of the molecule is COc1cccc2c(Nc3ccc(F)cc3)nc(NC3CCC(CNS(=O)(=O)N(C)C)CC3)nc12. The van der Waals surface area contributed by atoms with Crippen LogP contribution >= 0.6 is 0 Å². The van der Waals surface area contributed by atoms with Crippen molar-refractivity contribution < 1.29 is 17.5 Å². The van der Waals surface area contributed by atoms with E-state index in [1.54, 1.807) is 19.2 Å². The summed E-state index contributed by atoms with van der Waals surface area (Å²) in [6.45, 7) is 0.433. The number of anilines is 3. The number of hydrogen-bond donors (Lipinski definition) is 3. The molecule has 1 fully saturated rings. The molecule has 35 heavy (non-hydrogen) atoms. The van der Waals surface area contributed by atoms with Crippen molar-refractivity contribution in [3.63, 3.8) is 0 Å². The van der Waals surface area contributed by atoms with E-state index in [1.807, 2.05) is 18.2 Å². The lowest BCUT2D eigenvalue weighted by atomic mass is 9.86. The van der Waals surface area contributed by atoms with Gasteiger partial charge in [0.05, 0.1) is 7.11 Å². The Balaban J connectivity index is 1.49. The molecule has 4 rings (SSSR count). The number of para-hydroxylation sites is 1. The van der Waals surface area contributed by atoms with Gasteiger partial charge >= 0.3 is 0 Å². The maximum absolute atomic E-state index is 13.4. The smallest absolute Gasteiger partial charge is 0.278 e. The van der Waals surface area contributed by atoms with E-state index in [0.29, 0.717) is 35.3 Å². The molecule has 0 radical (unpaired) electrons. The van der Waals surface area contributed by atoms with E-state index in [0.717, 1.165) is 31.1 Å². The first-order valence-corrected chi connectivity index (χ1v) is 13.0. The van der Waals surface area contributed by atoms with Crippen LogP contribution in [0.2, 0.25) is 0 Å². The van der Waals surface area contributed by atoms with Crippen LogP contribution in [0.15, 0.2) is 42.5 Å². The first kappa shape index (κ1) is 25.1. The van der Waals surface area contributed by atoms with Crippen molar-refractivity contribution in [1.82, 2.24) is 19.0 Å². The maximum Gasteiger partial charge on any atom is 0.278 e. The number of hydrogen-bond acceptors (Lipinski definition) is 7. The van der Waals surface area contributed by atoms with Gasteiger partial charge in [0.15, 0.2) is 0 Å². The third kappa shape index (κ3) is 6.16. The highest BCUT2D eigenvalue weighted by Crippen LogP contribution is 2.32. The maximum atomic E-state index is 13.4. The second kappa shape index (κ2) is 10.7. The molecule has 0 amide bonds. The van der Waals surface area contributed by atoms with Crippen LogP contribution < -0.4 is 20.1 Å². The molecule has 1 aromatic heterocycles. The molecule has 1 heterocycles. The molecule has 1 aliphatic carbocycles. The minimum Gasteiger partial charge on any atom is -0.494 e. The minimum atomic E-state index is -3.41. The third-order valence-corrected chi connectivity index (χ3v) is 7.72. The van der Waals surface area contributed by atoms with Crippen molar-refractivity contribution in [2.24, 2.45) is 5.92 Å². The Morgan fingerprint density at radius 2 is 1.77 bits per heavy atom. The molecule has 1 saturated carbocycles. The fourth-order valence-electron chi connectivity index (χ4n) is 4.17. The summed E-state index contributed by atoms with van der Waals surface area (Å²) in [5.74, 6) is 1.68. The number of rotatable bonds is 9. The number of benzene rings is 2. The molecule has 0 saturated heterocycles. The standard InChI is InChI=1S/C24H31FN6O3S/c1-31(2)35(32,33)26-15-16-7-11-19(12-8-16)28-24-29-22-20(5-4-6-21(22)34-3)23(30-24)27-18-13-9-17(25)10-14-18/h4-6,9-10,13-14,16,19,26H,7-8,11-12,15H2,1-3H3,(H2,27,28,29,30). The Kier molecular flexibility index (Phi) is 7.68. The van der Waals surface area contributed by atoms with Crippen LogP contribution in [0.25, 0.3) is 10.9 Å². The van der Waals surface area contributed by atoms with Gasteiger partial charge in [-0.05, 0) is 68.0 Å². The molecule has 0 unspecified atom stereocenters. The van der Waals surface area contributed by atoms with Crippen LogP contribution in [0.1, 0.15) is 25.7 Å². The van der Waals surface area contributed by atoms with E-state index in [-0.39, 0.29) is 17.8 Å². The Morgan fingerprint density at radius 3 is 2.43 bits per heavy atom. The number of ether oxygens (including phenoxy) is 1.